The molecule has 1 saturated heterocycles. The Bertz CT molecular complexity index is 174. The average molecular weight is 230 g/mol. The molecular formula is C13H26O3. The number of hydrogen-bond donors (Lipinski definition) is 1. The molecule has 0 aliphatic carbocycles. The van der Waals surface area contributed by atoms with Crippen LogP contribution in [-0.2, 0) is 9.47 Å². The van der Waals surface area contributed by atoms with Crippen molar-refractivity contribution in [3.05, 3.63) is 0 Å². The van der Waals surface area contributed by atoms with Crippen molar-refractivity contribution in [2.75, 3.05) is 19.8 Å². The number of rotatable bonds is 7. The molecule has 1 fully saturated rings. The van der Waals surface area contributed by atoms with Gasteiger partial charge < -0.3 is 14.6 Å². The molecule has 96 valence electrons. The second-order valence-corrected chi connectivity index (χ2v) is 5.45. The minimum atomic E-state index is 0.0193. The van der Waals surface area contributed by atoms with Crippen LogP contribution in [0.3, 0.4) is 0 Å². The van der Waals surface area contributed by atoms with E-state index < -0.39 is 0 Å². The van der Waals surface area contributed by atoms with Crippen molar-refractivity contribution in [3.8, 4) is 0 Å². The van der Waals surface area contributed by atoms with E-state index in [2.05, 4.69) is 13.8 Å². The molecule has 0 saturated carbocycles. The van der Waals surface area contributed by atoms with E-state index in [-0.39, 0.29) is 11.7 Å². The van der Waals surface area contributed by atoms with E-state index >= 15 is 0 Å². The monoisotopic (exact) mass is 230 g/mol. The van der Waals surface area contributed by atoms with Crippen LogP contribution in [-0.4, -0.2) is 31.2 Å². The number of aliphatic hydroxyl groups is 1. The highest BCUT2D eigenvalue weighted by Crippen LogP contribution is 2.25. The predicted octanol–water partition coefficient (Wildman–Crippen LogP) is 2.72. The summed E-state index contributed by atoms with van der Waals surface area (Å²) in [6.45, 7) is 6.32. The molecule has 0 bridgehead atoms. The molecule has 1 rings (SSSR count). The molecule has 0 aromatic carbocycles. The smallest absolute Gasteiger partial charge is 0.157 e. The van der Waals surface area contributed by atoms with Crippen LogP contribution < -0.4 is 0 Å². The first kappa shape index (κ1) is 13.9. The van der Waals surface area contributed by atoms with Gasteiger partial charge in [0.15, 0.2) is 6.29 Å². The SMILES string of the molecule is CC(C)(CCCCO)CO[C@@H]1CCCCO1. The maximum absolute atomic E-state index is 8.75. The molecule has 1 heterocycles. The van der Waals surface area contributed by atoms with Gasteiger partial charge in [-0.15, -0.1) is 0 Å². The first-order valence-corrected chi connectivity index (χ1v) is 6.48. The van der Waals surface area contributed by atoms with Crippen molar-refractivity contribution in [1.29, 1.82) is 0 Å². The third-order valence-electron chi connectivity index (χ3n) is 3.06. The van der Waals surface area contributed by atoms with Crippen LogP contribution >= 0.6 is 0 Å². The Morgan fingerprint density at radius 2 is 2.12 bits per heavy atom. The van der Waals surface area contributed by atoms with Gasteiger partial charge in [0.2, 0.25) is 0 Å². The lowest BCUT2D eigenvalue weighted by atomic mass is 9.88. The second-order valence-electron chi connectivity index (χ2n) is 5.45. The summed E-state index contributed by atoms with van der Waals surface area (Å²) < 4.78 is 11.3. The first-order chi connectivity index (χ1) is 7.64. The molecule has 1 atom stereocenters. The molecule has 0 aromatic rings. The lowest BCUT2D eigenvalue weighted by Crippen LogP contribution is -2.28. The van der Waals surface area contributed by atoms with Gasteiger partial charge in [0.25, 0.3) is 0 Å². The highest BCUT2D eigenvalue weighted by Gasteiger charge is 2.21. The van der Waals surface area contributed by atoms with Gasteiger partial charge in [0.05, 0.1) is 6.61 Å². The Balaban J connectivity index is 2.13. The van der Waals surface area contributed by atoms with Crippen molar-refractivity contribution < 1.29 is 14.6 Å². The number of aliphatic hydroxyl groups excluding tert-OH is 1. The number of ether oxygens (including phenoxy) is 2. The number of unbranched alkanes of at least 4 members (excludes halogenated alkanes) is 1. The molecule has 1 aliphatic rings. The summed E-state index contributed by atoms with van der Waals surface area (Å²) in [5, 5.41) is 8.75. The van der Waals surface area contributed by atoms with Gasteiger partial charge >= 0.3 is 0 Å². The summed E-state index contributed by atoms with van der Waals surface area (Å²) in [6, 6.07) is 0. The van der Waals surface area contributed by atoms with Crippen LogP contribution in [0.4, 0.5) is 0 Å². The quantitative estimate of drug-likeness (QED) is 0.683. The average Bonchev–Trinajstić information content (AvgIpc) is 2.28. The van der Waals surface area contributed by atoms with Gasteiger partial charge in [-0.3, -0.25) is 0 Å². The Kier molecular flexibility index (Phi) is 6.32. The molecule has 16 heavy (non-hydrogen) atoms. The molecule has 0 spiro atoms. The fourth-order valence-electron chi connectivity index (χ4n) is 1.95. The van der Waals surface area contributed by atoms with Crippen LogP contribution in [0.15, 0.2) is 0 Å². The van der Waals surface area contributed by atoms with Crippen molar-refractivity contribution in [2.24, 2.45) is 5.41 Å². The molecule has 0 radical (unpaired) electrons. The fourth-order valence-corrected chi connectivity index (χ4v) is 1.95. The normalized spacial score (nSPS) is 22.3. The molecule has 3 nitrogen and oxygen atoms in total. The summed E-state index contributed by atoms with van der Waals surface area (Å²) in [7, 11) is 0. The highest BCUT2D eigenvalue weighted by atomic mass is 16.7. The van der Waals surface area contributed by atoms with Crippen molar-refractivity contribution in [3.63, 3.8) is 0 Å². The molecule has 0 unspecified atom stereocenters. The van der Waals surface area contributed by atoms with Crippen LogP contribution in [0.2, 0.25) is 0 Å². The minimum Gasteiger partial charge on any atom is -0.396 e. The summed E-state index contributed by atoms with van der Waals surface area (Å²) in [5.41, 5.74) is 0.190. The molecule has 1 N–H and O–H groups in total. The van der Waals surface area contributed by atoms with E-state index in [4.69, 9.17) is 14.6 Å². The third kappa shape index (κ3) is 5.83. The van der Waals surface area contributed by atoms with Gasteiger partial charge in [0.1, 0.15) is 0 Å². The van der Waals surface area contributed by atoms with E-state index in [1.165, 1.54) is 12.8 Å². The Hall–Kier alpha value is -0.120. The predicted molar refractivity (Wildman–Crippen MR) is 64.3 cm³/mol. The fraction of sp³-hybridized carbons (Fsp3) is 1.00. The molecular weight excluding hydrogens is 204 g/mol. The van der Waals surface area contributed by atoms with E-state index in [0.717, 1.165) is 38.9 Å². The van der Waals surface area contributed by atoms with E-state index in [0.29, 0.717) is 6.61 Å². The van der Waals surface area contributed by atoms with Crippen molar-refractivity contribution >= 4 is 0 Å². The first-order valence-electron chi connectivity index (χ1n) is 6.48. The zero-order chi connectivity index (χ0) is 11.9. The van der Waals surface area contributed by atoms with Gasteiger partial charge in [-0.1, -0.05) is 20.3 Å². The van der Waals surface area contributed by atoms with Crippen LogP contribution in [0.25, 0.3) is 0 Å². The molecule has 3 heteroatoms. The lowest BCUT2D eigenvalue weighted by molar-refractivity contribution is -0.176. The second kappa shape index (κ2) is 7.25. The Morgan fingerprint density at radius 3 is 2.75 bits per heavy atom. The Morgan fingerprint density at radius 1 is 1.31 bits per heavy atom. The van der Waals surface area contributed by atoms with E-state index in [9.17, 15) is 0 Å². The van der Waals surface area contributed by atoms with E-state index in [1.54, 1.807) is 0 Å². The maximum Gasteiger partial charge on any atom is 0.157 e. The summed E-state index contributed by atoms with van der Waals surface area (Å²) in [5.74, 6) is 0. The standard InChI is InChI=1S/C13H26O3/c1-13(2,8-4-5-9-14)11-16-12-7-3-6-10-15-12/h12,14H,3-11H2,1-2H3/t12-/m1/s1. The van der Waals surface area contributed by atoms with Gasteiger partial charge in [-0.25, -0.2) is 0 Å². The topological polar surface area (TPSA) is 38.7 Å². The molecule has 0 aromatic heterocycles. The van der Waals surface area contributed by atoms with Crippen LogP contribution in [0.5, 0.6) is 0 Å². The zero-order valence-corrected chi connectivity index (χ0v) is 10.7. The largest absolute Gasteiger partial charge is 0.396 e. The Labute approximate surface area is 99.1 Å². The van der Waals surface area contributed by atoms with Crippen LogP contribution in [0, 0.1) is 5.41 Å². The van der Waals surface area contributed by atoms with Gasteiger partial charge in [-0.2, -0.15) is 0 Å². The zero-order valence-electron chi connectivity index (χ0n) is 10.7. The summed E-state index contributed by atoms with van der Waals surface area (Å²) in [4.78, 5) is 0. The highest BCUT2D eigenvalue weighted by molar-refractivity contribution is 4.68. The summed E-state index contributed by atoms with van der Waals surface area (Å²) in [6.07, 6.45) is 6.50. The third-order valence-corrected chi connectivity index (χ3v) is 3.06. The van der Waals surface area contributed by atoms with Gasteiger partial charge in [0, 0.05) is 13.2 Å². The van der Waals surface area contributed by atoms with Crippen LogP contribution in [0.1, 0.15) is 52.4 Å². The van der Waals surface area contributed by atoms with Gasteiger partial charge in [-0.05, 0) is 37.5 Å². The molecule has 0 amide bonds. The van der Waals surface area contributed by atoms with Crippen molar-refractivity contribution in [2.45, 2.75) is 58.7 Å². The molecule has 1 aliphatic heterocycles. The number of hydrogen-bond acceptors (Lipinski definition) is 3. The maximum atomic E-state index is 8.75. The van der Waals surface area contributed by atoms with Crippen molar-refractivity contribution in [1.82, 2.24) is 0 Å². The minimum absolute atomic E-state index is 0.0193. The summed E-state index contributed by atoms with van der Waals surface area (Å²) >= 11 is 0. The lowest BCUT2D eigenvalue weighted by Gasteiger charge is -2.29. The van der Waals surface area contributed by atoms with E-state index in [1.807, 2.05) is 0 Å².